The first kappa shape index (κ1) is 22.7. The zero-order valence-electron chi connectivity index (χ0n) is 14.9. The van der Waals surface area contributed by atoms with Crippen molar-refractivity contribution < 1.29 is 14.3 Å². The highest BCUT2D eigenvalue weighted by Crippen LogP contribution is 2.35. The third kappa shape index (κ3) is 9.26. The zero-order valence-corrected chi connectivity index (χ0v) is 19.7. The first-order valence-electron chi connectivity index (χ1n) is 7.99. The molecule has 0 spiro atoms. The predicted octanol–water partition coefficient (Wildman–Crippen LogP) is 5.71. The van der Waals surface area contributed by atoms with Crippen LogP contribution in [0.5, 0.6) is 0 Å². The Labute approximate surface area is 175 Å². The van der Waals surface area contributed by atoms with Gasteiger partial charge in [0.1, 0.15) is 5.60 Å². The SMILES string of the molecule is COCC(CCCNC(=O)OC(C)(C)C)Nc1c(Br)cc(Br)cc1Br. The highest BCUT2D eigenvalue weighted by molar-refractivity contribution is 9.11. The zero-order chi connectivity index (χ0) is 19.0. The van der Waals surface area contributed by atoms with Gasteiger partial charge in [-0.05, 0) is 77.6 Å². The van der Waals surface area contributed by atoms with Gasteiger partial charge in [-0.25, -0.2) is 4.79 Å². The molecule has 2 N–H and O–H groups in total. The van der Waals surface area contributed by atoms with E-state index >= 15 is 0 Å². The molecular formula is C17H25Br3N2O3. The Balaban J connectivity index is 2.52. The number of hydrogen-bond donors (Lipinski definition) is 2. The average molecular weight is 545 g/mol. The minimum atomic E-state index is -0.482. The Morgan fingerprint density at radius 2 is 1.80 bits per heavy atom. The van der Waals surface area contributed by atoms with Crippen LogP contribution in [0.15, 0.2) is 25.6 Å². The van der Waals surface area contributed by atoms with E-state index in [-0.39, 0.29) is 12.1 Å². The number of carbonyl (C=O) groups excluding carboxylic acids is 1. The van der Waals surface area contributed by atoms with Crippen LogP contribution in [0.25, 0.3) is 0 Å². The molecule has 0 heterocycles. The summed E-state index contributed by atoms with van der Waals surface area (Å²) in [6.45, 7) is 6.66. The number of rotatable bonds is 8. The molecule has 0 bridgehead atoms. The van der Waals surface area contributed by atoms with Gasteiger partial charge in [-0.3, -0.25) is 0 Å². The number of hydrogen-bond acceptors (Lipinski definition) is 4. The van der Waals surface area contributed by atoms with E-state index < -0.39 is 5.60 Å². The summed E-state index contributed by atoms with van der Waals surface area (Å²) in [6, 6.07) is 4.10. The van der Waals surface area contributed by atoms with Crippen LogP contribution < -0.4 is 10.6 Å². The Morgan fingerprint density at radius 3 is 2.32 bits per heavy atom. The second-order valence-corrected chi connectivity index (χ2v) is 9.24. The van der Waals surface area contributed by atoms with Gasteiger partial charge >= 0.3 is 6.09 Å². The summed E-state index contributed by atoms with van der Waals surface area (Å²) < 4.78 is 13.4. The van der Waals surface area contributed by atoms with Crippen LogP contribution in [0.4, 0.5) is 10.5 Å². The molecule has 0 aliphatic heterocycles. The number of halogens is 3. The molecule has 142 valence electrons. The Morgan fingerprint density at radius 1 is 1.20 bits per heavy atom. The van der Waals surface area contributed by atoms with Crippen LogP contribution in [0, 0.1) is 0 Å². The summed E-state index contributed by atoms with van der Waals surface area (Å²) >= 11 is 10.6. The first-order valence-corrected chi connectivity index (χ1v) is 10.4. The van der Waals surface area contributed by atoms with Crippen LogP contribution in [0.2, 0.25) is 0 Å². The maximum Gasteiger partial charge on any atom is 0.407 e. The molecule has 0 aliphatic carbocycles. The van der Waals surface area contributed by atoms with Crippen molar-refractivity contribution in [2.24, 2.45) is 0 Å². The summed E-state index contributed by atoms with van der Waals surface area (Å²) in [4.78, 5) is 11.7. The summed E-state index contributed by atoms with van der Waals surface area (Å²) in [7, 11) is 1.68. The summed E-state index contributed by atoms with van der Waals surface area (Å²) in [5, 5.41) is 6.26. The number of nitrogens with one attached hydrogen (secondary N) is 2. The molecule has 0 radical (unpaired) electrons. The highest BCUT2D eigenvalue weighted by atomic mass is 79.9. The number of benzene rings is 1. The third-order valence-corrected chi connectivity index (χ3v) is 4.83. The largest absolute Gasteiger partial charge is 0.444 e. The van der Waals surface area contributed by atoms with Crippen molar-refractivity contribution in [2.75, 3.05) is 25.6 Å². The van der Waals surface area contributed by atoms with Crippen molar-refractivity contribution in [2.45, 2.75) is 45.3 Å². The second kappa shape index (κ2) is 10.7. The quantitative estimate of drug-likeness (QED) is 0.412. The number of amides is 1. The van der Waals surface area contributed by atoms with Gasteiger partial charge in [0.2, 0.25) is 0 Å². The predicted molar refractivity (Wildman–Crippen MR) is 112 cm³/mol. The monoisotopic (exact) mass is 542 g/mol. The topological polar surface area (TPSA) is 59.6 Å². The van der Waals surface area contributed by atoms with E-state index in [1.165, 1.54) is 0 Å². The second-order valence-electron chi connectivity index (χ2n) is 6.61. The van der Waals surface area contributed by atoms with Crippen molar-refractivity contribution >= 4 is 59.6 Å². The maximum atomic E-state index is 11.7. The summed E-state index contributed by atoms with van der Waals surface area (Å²) in [6.07, 6.45) is 1.27. The Bertz CT molecular complexity index is 554. The van der Waals surface area contributed by atoms with E-state index in [9.17, 15) is 4.79 Å². The van der Waals surface area contributed by atoms with Gasteiger partial charge in [-0.1, -0.05) is 15.9 Å². The molecule has 0 saturated heterocycles. The molecule has 8 heteroatoms. The fourth-order valence-electron chi connectivity index (χ4n) is 2.14. The standard InChI is InChI=1S/C17H25Br3N2O3/c1-17(2,3)25-16(23)21-7-5-6-12(10-24-4)22-15-13(19)8-11(18)9-14(15)20/h8-9,12,22H,5-7,10H2,1-4H3,(H,21,23). The highest BCUT2D eigenvalue weighted by Gasteiger charge is 2.16. The Kier molecular flexibility index (Phi) is 9.77. The van der Waals surface area contributed by atoms with Gasteiger partial charge in [-0.2, -0.15) is 0 Å². The van der Waals surface area contributed by atoms with E-state index in [2.05, 4.69) is 58.4 Å². The maximum absolute atomic E-state index is 11.7. The molecular weight excluding hydrogens is 520 g/mol. The fourth-order valence-corrected chi connectivity index (χ4v) is 4.62. The smallest absolute Gasteiger partial charge is 0.407 e. The van der Waals surface area contributed by atoms with Crippen LogP contribution in [0.3, 0.4) is 0 Å². The number of alkyl carbamates (subject to hydrolysis) is 1. The van der Waals surface area contributed by atoms with Crippen molar-refractivity contribution in [1.82, 2.24) is 5.32 Å². The van der Waals surface area contributed by atoms with Crippen molar-refractivity contribution in [3.05, 3.63) is 25.6 Å². The number of ether oxygens (including phenoxy) is 2. The van der Waals surface area contributed by atoms with E-state index in [0.717, 1.165) is 31.9 Å². The van der Waals surface area contributed by atoms with Crippen LogP contribution in [0.1, 0.15) is 33.6 Å². The van der Waals surface area contributed by atoms with Gasteiger partial charge in [0.25, 0.3) is 0 Å². The molecule has 1 atom stereocenters. The third-order valence-electron chi connectivity index (χ3n) is 3.12. The van der Waals surface area contributed by atoms with Gasteiger partial charge in [0.05, 0.1) is 12.3 Å². The lowest BCUT2D eigenvalue weighted by atomic mass is 10.1. The fraction of sp³-hybridized carbons (Fsp3) is 0.588. The van der Waals surface area contributed by atoms with Crippen LogP contribution in [-0.4, -0.2) is 38.0 Å². The minimum Gasteiger partial charge on any atom is -0.444 e. The van der Waals surface area contributed by atoms with Crippen molar-refractivity contribution in [3.63, 3.8) is 0 Å². The van der Waals surface area contributed by atoms with Gasteiger partial charge < -0.3 is 20.1 Å². The molecule has 1 rings (SSSR count). The van der Waals surface area contributed by atoms with E-state index in [0.29, 0.717) is 13.2 Å². The average Bonchev–Trinajstić information content (AvgIpc) is 2.45. The normalized spacial score (nSPS) is 12.6. The Hall–Kier alpha value is -0.310. The lowest BCUT2D eigenvalue weighted by molar-refractivity contribution is 0.0526. The van der Waals surface area contributed by atoms with Gasteiger partial charge in [0.15, 0.2) is 0 Å². The van der Waals surface area contributed by atoms with E-state index in [4.69, 9.17) is 9.47 Å². The van der Waals surface area contributed by atoms with E-state index in [1.54, 1.807) is 7.11 Å². The van der Waals surface area contributed by atoms with E-state index in [1.807, 2.05) is 32.9 Å². The van der Waals surface area contributed by atoms with Gasteiger partial charge in [-0.15, -0.1) is 0 Å². The lowest BCUT2D eigenvalue weighted by Crippen LogP contribution is -2.34. The molecule has 0 aromatic heterocycles. The molecule has 1 aromatic carbocycles. The molecule has 25 heavy (non-hydrogen) atoms. The van der Waals surface area contributed by atoms with Gasteiger partial charge in [0, 0.05) is 33.1 Å². The molecule has 1 amide bonds. The number of methoxy groups -OCH3 is 1. The first-order chi connectivity index (χ1) is 11.6. The molecule has 0 fully saturated rings. The molecule has 0 aliphatic rings. The summed E-state index contributed by atoms with van der Waals surface area (Å²) in [5.41, 5.74) is 0.495. The summed E-state index contributed by atoms with van der Waals surface area (Å²) in [5.74, 6) is 0. The molecule has 5 nitrogen and oxygen atoms in total. The van der Waals surface area contributed by atoms with Crippen molar-refractivity contribution in [1.29, 1.82) is 0 Å². The molecule has 0 saturated carbocycles. The number of anilines is 1. The molecule has 1 aromatic rings. The van der Waals surface area contributed by atoms with Crippen LogP contribution in [-0.2, 0) is 9.47 Å². The number of carbonyl (C=O) groups is 1. The minimum absolute atomic E-state index is 0.124. The van der Waals surface area contributed by atoms with Crippen molar-refractivity contribution in [3.8, 4) is 0 Å². The lowest BCUT2D eigenvalue weighted by Gasteiger charge is -2.22. The van der Waals surface area contributed by atoms with Crippen LogP contribution >= 0.6 is 47.8 Å². The molecule has 1 unspecified atom stereocenters.